The summed E-state index contributed by atoms with van der Waals surface area (Å²) in [6.45, 7) is 8.22. The van der Waals surface area contributed by atoms with E-state index in [0.29, 0.717) is 11.2 Å². The van der Waals surface area contributed by atoms with E-state index in [1.54, 1.807) is 39.8 Å². The van der Waals surface area contributed by atoms with Crippen molar-refractivity contribution in [2.45, 2.75) is 58.5 Å². The summed E-state index contributed by atoms with van der Waals surface area (Å²) in [5.74, 6) is -1.63. The summed E-state index contributed by atoms with van der Waals surface area (Å²) in [5, 5.41) is 14.0. The molecule has 2 N–H and O–H groups in total. The average molecular weight is 415 g/mol. The number of anilines is 1. The molecule has 10 heteroatoms. The highest BCUT2D eigenvalue weighted by molar-refractivity contribution is 5.73. The standard InChI is InChI=1S/C20H25N5O5/c1-10(2)18(26)28-15-14(12-6-7-13-17(22)23-9-24-25(12)13)30-20(5,8-21)16(15)29-19(27)11(3)4/h6-7,9-11,14-16H,1-5H3,(H2,22,23,24)/t14-,15-,16-,20+/m0/s1. The van der Waals surface area contributed by atoms with E-state index in [1.165, 1.54) is 17.8 Å². The van der Waals surface area contributed by atoms with Crippen molar-refractivity contribution in [3.05, 3.63) is 24.2 Å². The molecule has 3 rings (SSSR count). The summed E-state index contributed by atoms with van der Waals surface area (Å²) >= 11 is 0. The molecule has 30 heavy (non-hydrogen) atoms. The molecule has 0 bridgehead atoms. The number of aromatic nitrogens is 3. The Morgan fingerprint density at radius 2 is 1.87 bits per heavy atom. The number of ether oxygens (including phenoxy) is 3. The molecule has 3 heterocycles. The van der Waals surface area contributed by atoms with Gasteiger partial charge in [-0.2, -0.15) is 10.4 Å². The molecule has 2 aromatic heterocycles. The second-order valence-electron chi connectivity index (χ2n) is 8.03. The van der Waals surface area contributed by atoms with Gasteiger partial charge in [0.25, 0.3) is 0 Å². The Balaban J connectivity index is 2.10. The summed E-state index contributed by atoms with van der Waals surface area (Å²) < 4.78 is 18.9. The van der Waals surface area contributed by atoms with Crippen LogP contribution in [-0.4, -0.2) is 44.3 Å². The Morgan fingerprint density at radius 3 is 2.47 bits per heavy atom. The minimum absolute atomic E-state index is 0.260. The summed E-state index contributed by atoms with van der Waals surface area (Å²) in [7, 11) is 0. The predicted molar refractivity (Wildman–Crippen MR) is 105 cm³/mol. The van der Waals surface area contributed by atoms with Crippen LogP contribution in [0.15, 0.2) is 18.5 Å². The van der Waals surface area contributed by atoms with Crippen molar-refractivity contribution in [2.24, 2.45) is 11.8 Å². The van der Waals surface area contributed by atoms with Crippen LogP contribution in [0, 0.1) is 23.2 Å². The van der Waals surface area contributed by atoms with E-state index in [0.717, 1.165) is 0 Å². The number of rotatable bonds is 5. The van der Waals surface area contributed by atoms with Crippen molar-refractivity contribution in [1.82, 2.24) is 14.6 Å². The number of fused-ring (bicyclic) bond motifs is 1. The van der Waals surface area contributed by atoms with Gasteiger partial charge in [0, 0.05) is 0 Å². The SMILES string of the molecule is CC(C)C(=O)O[C@H]1[C@H](c2ccc3c(N)ncnn23)O[C@](C)(C#N)[C@H]1OC(=O)C(C)C. The van der Waals surface area contributed by atoms with E-state index in [4.69, 9.17) is 19.9 Å². The first kappa shape index (κ1) is 21.5. The number of hydrogen-bond acceptors (Lipinski definition) is 9. The number of nitriles is 1. The molecule has 0 saturated carbocycles. The van der Waals surface area contributed by atoms with Crippen LogP contribution in [0.2, 0.25) is 0 Å². The Hall–Kier alpha value is -3.19. The van der Waals surface area contributed by atoms with Crippen LogP contribution in [0.4, 0.5) is 5.82 Å². The zero-order chi connectivity index (χ0) is 22.2. The Bertz CT molecular complexity index is 1010. The molecule has 2 aromatic rings. The van der Waals surface area contributed by atoms with Gasteiger partial charge < -0.3 is 19.9 Å². The largest absolute Gasteiger partial charge is 0.455 e. The molecule has 10 nitrogen and oxygen atoms in total. The molecule has 1 saturated heterocycles. The van der Waals surface area contributed by atoms with Crippen molar-refractivity contribution < 1.29 is 23.8 Å². The maximum absolute atomic E-state index is 12.4. The maximum Gasteiger partial charge on any atom is 0.308 e. The van der Waals surface area contributed by atoms with Gasteiger partial charge in [-0.3, -0.25) is 9.59 Å². The first-order chi connectivity index (χ1) is 14.1. The minimum Gasteiger partial charge on any atom is -0.455 e. The van der Waals surface area contributed by atoms with Crippen molar-refractivity contribution in [2.75, 3.05) is 5.73 Å². The molecule has 0 amide bonds. The van der Waals surface area contributed by atoms with Crippen LogP contribution in [-0.2, 0) is 23.8 Å². The molecule has 0 aliphatic carbocycles. The van der Waals surface area contributed by atoms with Gasteiger partial charge in [-0.1, -0.05) is 27.7 Å². The first-order valence-corrected chi connectivity index (χ1v) is 9.67. The first-order valence-electron chi connectivity index (χ1n) is 9.67. The summed E-state index contributed by atoms with van der Waals surface area (Å²) in [4.78, 5) is 28.7. The highest BCUT2D eigenvalue weighted by atomic mass is 16.6. The van der Waals surface area contributed by atoms with Gasteiger partial charge in [0.15, 0.2) is 23.6 Å². The van der Waals surface area contributed by atoms with E-state index in [9.17, 15) is 14.9 Å². The number of esters is 2. The van der Waals surface area contributed by atoms with Gasteiger partial charge >= 0.3 is 11.9 Å². The monoisotopic (exact) mass is 415 g/mol. The number of nitrogen functional groups attached to an aromatic ring is 1. The molecular weight excluding hydrogens is 390 g/mol. The molecule has 1 aliphatic rings. The van der Waals surface area contributed by atoms with Crippen LogP contribution in [0.1, 0.15) is 46.4 Å². The number of nitrogens with zero attached hydrogens (tertiary/aromatic N) is 4. The van der Waals surface area contributed by atoms with E-state index >= 15 is 0 Å². The maximum atomic E-state index is 12.4. The fourth-order valence-corrected chi connectivity index (χ4v) is 3.21. The third-order valence-corrected chi connectivity index (χ3v) is 4.97. The van der Waals surface area contributed by atoms with Gasteiger partial charge in [-0.05, 0) is 19.1 Å². The lowest BCUT2D eigenvalue weighted by Gasteiger charge is -2.27. The minimum atomic E-state index is -1.54. The summed E-state index contributed by atoms with van der Waals surface area (Å²) in [6.07, 6.45) is -1.81. The van der Waals surface area contributed by atoms with Crippen LogP contribution in [0.5, 0.6) is 0 Å². The Kier molecular flexibility index (Phi) is 5.67. The zero-order valence-corrected chi connectivity index (χ0v) is 17.5. The predicted octanol–water partition coefficient (Wildman–Crippen LogP) is 1.80. The fourth-order valence-electron chi connectivity index (χ4n) is 3.21. The Morgan fingerprint density at radius 1 is 1.23 bits per heavy atom. The number of hydrogen-bond donors (Lipinski definition) is 1. The van der Waals surface area contributed by atoms with Crippen molar-refractivity contribution in [3.63, 3.8) is 0 Å². The number of carbonyl (C=O) groups is 2. The van der Waals surface area contributed by atoms with Crippen LogP contribution < -0.4 is 5.73 Å². The smallest absolute Gasteiger partial charge is 0.308 e. The third kappa shape index (κ3) is 3.68. The molecule has 160 valence electrons. The molecule has 0 unspecified atom stereocenters. The highest BCUT2D eigenvalue weighted by Crippen LogP contribution is 2.44. The molecule has 0 aromatic carbocycles. The zero-order valence-electron chi connectivity index (χ0n) is 17.5. The van der Waals surface area contributed by atoms with Gasteiger partial charge in [0.05, 0.1) is 17.5 Å². The highest BCUT2D eigenvalue weighted by Gasteiger charge is 2.58. The van der Waals surface area contributed by atoms with Crippen LogP contribution in [0.3, 0.4) is 0 Å². The quantitative estimate of drug-likeness (QED) is 0.723. The van der Waals surface area contributed by atoms with Gasteiger partial charge in [0.2, 0.25) is 0 Å². The molecule has 0 radical (unpaired) electrons. The third-order valence-electron chi connectivity index (χ3n) is 4.97. The van der Waals surface area contributed by atoms with E-state index < -0.39 is 47.7 Å². The summed E-state index contributed by atoms with van der Waals surface area (Å²) in [5.41, 5.74) is 5.39. The van der Waals surface area contributed by atoms with Gasteiger partial charge in [-0.25, -0.2) is 9.50 Å². The van der Waals surface area contributed by atoms with Gasteiger partial charge in [-0.15, -0.1) is 0 Å². The van der Waals surface area contributed by atoms with Crippen LogP contribution in [0.25, 0.3) is 5.52 Å². The molecule has 1 aliphatic heterocycles. The number of carbonyl (C=O) groups excluding carboxylic acids is 2. The van der Waals surface area contributed by atoms with Gasteiger partial charge in [0.1, 0.15) is 24.0 Å². The average Bonchev–Trinajstić information content (AvgIpc) is 3.23. The molecule has 4 atom stereocenters. The fraction of sp³-hybridized carbons (Fsp3) is 0.550. The van der Waals surface area contributed by atoms with E-state index in [2.05, 4.69) is 16.2 Å². The molecular formula is C20H25N5O5. The topological polar surface area (TPSA) is 142 Å². The van der Waals surface area contributed by atoms with Crippen LogP contribution >= 0.6 is 0 Å². The summed E-state index contributed by atoms with van der Waals surface area (Å²) in [6, 6.07) is 5.46. The Labute approximate surface area is 173 Å². The molecule has 1 fully saturated rings. The lowest BCUT2D eigenvalue weighted by atomic mass is 9.96. The van der Waals surface area contributed by atoms with Crippen molar-refractivity contribution in [1.29, 1.82) is 5.26 Å². The lowest BCUT2D eigenvalue weighted by Crippen LogP contribution is -2.45. The molecule has 0 spiro atoms. The second kappa shape index (κ2) is 7.91. The number of nitrogens with two attached hydrogens (primary N) is 1. The van der Waals surface area contributed by atoms with E-state index in [1.807, 2.05) is 0 Å². The van der Waals surface area contributed by atoms with Crippen molar-refractivity contribution >= 4 is 23.3 Å². The second-order valence-corrected chi connectivity index (χ2v) is 8.03. The van der Waals surface area contributed by atoms with E-state index in [-0.39, 0.29) is 5.82 Å². The normalized spacial score (nSPS) is 26.1. The lowest BCUT2D eigenvalue weighted by molar-refractivity contribution is -0.172. The van der Waals surface area contributed by atoms with Crippen molar-refractivity contribution in [3.8, 4) is 6.07 Å².